The number of H-pyrrole nitrogens is 1. The van der Waals surface area contributed by atoms with E-state index in [0.717, 1.165) is 10.0 Å². The summed E-state index contributed by atoms with van der Waals surface area (Å²) >= 11 is 3.38. The molecule has 0 aliphatic carbocycles. The van der Waals surface area contributed by atoms with E-state index in [1.54, 1.807) is 24.3 Å². The van der Waals surface area contributed by atoms with Gasteiger partial charge in [0, 0.05) is 15.6 Å². The maximum Gasteiger partial charge on any atom is 0.209 e. The summed E-state index contributed by atoms with van der Waals surface area (Å²) in [5.41, 5.74) is 8.34. The van der Waals surface area contributed by atoms with Crippen LogP contribution in [0.3, 0.4) is 0 Å². The summed E-state index contributed by atoms with van der Waals surface area (Å²) in [6.45, 7) is 0. The van der Waals surface area contributed by atoms with Crippen LogP contribution < -0.4 is 5.73 Å². The molecular weight excluding hydrogens is 354 g/mol. The van der Waals surface area contributed by atoms with Gasteiger partial charge in [-0.2, -0.15) is 5.26 Å². The van der Waals surface area contributed by atoms with Crippen molar-refractivity contribution in [3.8, 4) is 17.2 Å². The Labute approximate surface area is 141 Å². The van der Waals surface area contributed by atoms with Gasteiger partial charge in [0.05, 0.1) is 5.69 Å². The number of nitrogens with zero attached hydrogens (tertiary/aromatic N) is 1. The van der Waals surface area contributed by atoms with E-state index in [4.69, 9.17) is 5.73 Å². The smallest absolute Gasteiger partial charge is 0.209 e. The second kappa shape index (κ2) is 6.11. The number of benzene rings is 2. The van der Waals surface area contributed by atoms with Crippen LogP contribution >= 0.6 is 15.9 Å². The molecule has 0 saturated heterocycles. The third-order valence-corrected chi connectivity index (χ3v) is 4.07. The molecule has 4 nitrogen and oxygen atoms in total. The number of nitrogens with one attached hydrogen (secondary N) is 1. The number of carbonyl (C=O) groups excluding carboxylic acids is 1. The number of aromatic amines is 1. The van der Waals surface area contributed by atoms with E-state index in [1.807, 2.05) is 30.3 Å². The van der Waals surface area contributed by atoms with Crippen LogP contribution in [0, 0.1) is 11.3 Å². The zero-order valence-corrected chi connectivity index (χ0v) is 13.6. The van der Waals surface area contributed by atoms with Gasteiger partial charge < -0.3 is 10.7 Å². The van der Waals surface area contributed by atoms with Crippen LogP contribution in [-0.4, -0.2) is 10.8 Å². The van der Waals surface area contributed by atoms with Crippen molar-refractivity contribution in [2.45, 2.75) is 0 Å². The first-order chi connectivity index (χ1) is 11.1. The Balaban J connectivity index is 2.21. The lowest BCUT2D eigenvalue weighted by Crippen LogP contribution is -2.03. The molecule has 0 spiro atoms. The molecule has 5 heteroatoms. The fourth-order valence-electron chi connectivity index (χ4n) is 2.44. The zero-order valence-electron chi connectivity index (χ0n) is 12.0. The van der Waals surface area contributed by atoms with Gasteiger partial charge in [0.25, 0.3) is 0 Å². The number of anilines is 1. The normalized spacial score (nSPS) is 10.3. The minimum absolute atomic E-state index is 0.197. The summed E-state index contributed by atoms with van der Waals surface area (Å²) in [5, 5.41) is 9.41. The van der Waals surface area contributed by atoms with Gasteiger partial charge in [-0.1, -0.05) is 58.4 Å². The Bertz CT molecular complexity index is 906. The number of nitrogens with two attached hydrogens (primary N) is 1. The largest absolute Gasteiger partial charge is 0.384 e. The van der Waals surface area contributed by atoms with Gasteiger partial charge in [-0.05, 0) is 17.7 Å². The topological polar surface area (TPSA) is 82.7 Å². The van der Waals surface area contributed by atoms with E-state index in [-0.39, 0.29) is 17.2 Å². The summed E-state index contributed by atoms with van der Waals surface area (Å²) in [7, 11) is 0. The standard InChI is InChI=1S/C18H12BrN3O/c19-13-8-6-11(7-9-13)15-14(10-20)18(21)22-16(15)17(23)12-4-2-1-3-5-12/h1-9,22H,21H2. The quantitative estimate of drug-likeness (QED) is 0.684. The van der Waals surface area contributed by atoms with Gasteiger partial charge in [0.15, 0.2) is 0 Å². The number of aromatic nitrogens is 1. The number of nitriles is 1. The van der Waals surface area contributed by atoms with Crippen molar-refractivity contribution in [3.63, 3.8) is 0 Å². The average Bonchev–Trinajstić information content (AvgIpc) is 2.92. The monoisotopic (exact) mass is 365 g/mol. The first kappa shape index (κ1) is 15.1. The van der Waals surface area contributed by atoms with Gasteiger partial charge >= 0.3 is 0 Å². The molecule has 1 aromatic heterocycles. The molecule has 0 saturated carbocycles. The van der Waals surface area contributed by atoms with E-state index >= 15 is 0 Å². The second-order valence-electron chi connectivity index (χ2n) is 4.98. The first-order valence-corrected chi connectivity index (χ1v) is 7.68. The molecule has 0 bridgehead atoms. The molecule has 3 N–H and O–H groups in total. The predicted molar refractivity (Wildman–Crippen MR) is 92.9 cm³/mol. The van der Waals surface area contributed by atoms with Gasteiger partial charge in [-0.3, -0.25) is 4.79 Å². The fraction of sp³-hybridized carbons (Fsp3) is 0. The fourth-order valence-corrected chi connectivity index (χ4v) is 2.71. The van der Waals surface area contributed by atoms with Crippen molar-refractivity contribution in [3.05, 3.63) is 75.9 Å². The van der Waals surface area contributed by atoms with E-state index in [9.17, 15) is 10.1 Å². The molecule has 23 heavy (non-hydrogen) atoms. The Hall–Kier alpha value is -2.84. The molecule has 0 amide bonds. The highest BCUT2D eigenvalue weighted by Crippen LogP contribution is 2.33. The number of hydrogen-bond acceptors (Lipinski definition) is 3. The second-order valence-corrected chi connectivity index (χ2v) is 5.89. The molecular formula is C18H12BrN3O. The van der Waals surface area contributed by atoms with Crippen LogP contribution in [0.4, 0.5) is 5.82 Å². The molecule has 1 heterocycles. The third kappa shape index (κ3) is 2.77. The SMILES string of the molecule is N#Cc1c(N)[nH]c(C(=O)c2ccccc2)c1-c1ccc(Br)cc1. The average molecular weight is 366 g/mol. The van der Waals surface area contributed by atoms with Crippen molar-refractivity contribution in [1.82, 2.24) is 4.98 Å². The molecule has 0 aliphatic heterocycles. The number of halogens is 1. The van der Waals surface area contributed by atoms with Crippen LogP contribution in [0.1, 0.15) is 21.6 Å². The van der Waals surface area contributed by atoms with Crippen molar-refractivity contribution in [2.75, 3.05) is 5.73 Å². The number of ketones is 1. The highest BCUT2D eigenvalue weighted by atomic mass is 79.9. The summed E-state index contributed by atoms with van der Waals surface area (Å²) in [4.78, 5) is 15.7. The zero-order chi connectivity index (χ0) is 16.4. The molecule has 0 unspecified atom stereocenters. The summed E-state index contributed by atoms with van der Waals surface area (Å²) in [5.74, 6) is 0.00131. The van der Waals surface area contributed by atoms with Crippen molar-refractivity contribution in [2.24, 2.45) is 0 Å². The van der Waals surface area contributed by atoms with Gasteiger partial charge in [0.1, 0.15) is 17.5 Å². The van der Waals surface area contributed by atoms with Crippen LogP contribution in [0.25, 0.3) is 11.1 Å². The number of nitrogen functional groups attached to an aromatic ring is 1. The van der Waals surface area contributed by atoms with Gasteiger partial charge in [-0.15, -0.1) is 0 Å². The Morgan fingerprint density at radius 2 is 1.74 bits per heavy atom. The van der Waals surface area contributed by atoms with Crippen molar-refractivity contribution < 1.29 is 4.79 Å². The lowest BCUT2D eigenvalue weighted by molar-refractivity contribution is 0.103. The molecule has 0 atom stereocenters. The van der Waals surface area contributed by atoms with Crippen molar-refractivity contribution >= 4 is 27.5 Å². The predicted octanol–water partition coefficient (Wildman–Crippen LogP) is 4.13. The molecule has 3 aromatic rings. The highest BCUT2D eigenvalue weighted by molar-refractivity contribution is 9.10. The van der Waals surface area contributed by atoms with Crippen LogP contribution in [0.15, 0.2) is 59.1 Å². The molecule has 0 aliphatic rings. The lowest BCUT2D eigenvalue weighted by Gasteiger charge is -2.05. The number of hydrogen-bond donors (Lipinski definition) is 2. The van der Waals surface area contributed by atoms with E-state index in [1.165, 1.54) is 0 Å². The Morgan fingerprint density at radius 3 is 2.35 bits per heavy atom. The first-order valence-electron chi connectivity index (χ1n) is 6.89. The highest BCUT2D eigenvalue weighted by Gasteiger charge is 2.23. The molecule has 0 fully saturated rings. The van der Waals surface area contributed by atoms with Gasteiger partial charge in [0.2, 0.25) is 5.78 Å². The summed E-state index contributed by atoms with van der Waals surface area (Å²) in [6.07, 6.45) is 0. The van der Waals surface area contributed by atoms with Crippen LogP contribution in [-0.2, 0) is 0 Å². The molecule has 3 rings (SSSR count). The Kier molecular flexibility index (Phi) is 4.00. The number of rotatable bonds is 3. The van der Waals surface area contributed by atoms with E-state index < -0.39 is 0 Å². The summed E-state index contributed by atoms with van der Waals surface area (Å²) < 4.78 is 0.916. The van der Waals surface area contributed by atoms with E-state index in [2.05, 4.69) is 27.0 Å². The molecule has 112 valence electrons. The van der Waals surface area contributed by atoms with Crippen molar-refractivity contribution in [1.29, 1.82) is 5.26 Å². The summed E-state index contributed by atoms with van der Waals surface area (Å²) in [6, 6.07) is 18.4. The molecule has 2 aromatic carbocycles. The van der Waals surface area contributed by atoms with Crippen LogP contribution in [0.2, 0.25) is 0 Å². The Morgan fingerprint density at radius 1 is 1.09 bits per heavy atom. The minimum Gasteiger partial charge on any atom is -0.384 e. The molecule has 0 radical (unpaired) electrons. The number of carbonyl (C=O) groups is 1. The van der Waals surface area contributed by atoms with E-state index in [0.29, 0.717) is 16.8 Å². The van der Waals surface area contributed by atoms with Gasteiger partial charge in [-0.25, -0.2) is 0 Å². The lowest BCUT2D eigenvalue weighted by atomic mass is 9.97. The maximum absolute atomic E-state index is 12.8. The van der Waals surface area contributed by atoms with Crippen LogP contribution in [0.5, 0.6) is 0 Å². The maximum atomic E-state index is 12.8. The third-order valence-electron chi connectivity index (χ3n) is 3.54. The minimum atomic E-state index is -0.197.